The molecule has 0 aliphatic heterocycles. The van der Waals surface area contributed by atoms with E-state index < -0.39 is 0 Å². The van der Waals surface area contributed by atoms with Crippen LogP contribution >= 0.6 is 0 Å². The Labute approximate surface area is 130 Å². The van der Waals surface area contributed by atoms with Gasteiger partial charge < -0.3 is 15.2 Å². The Bertz CT molecular complexity index is 727. The number of anilines is 1. The van der Waals surface area contributed by atoms with Crippen LogP contribution < -0.4 is 10.1 Å². The molecule has 0 unspecified atom stereocenters. The van der Waals surface area contributed by atoms with Crippen molar-refractivity contribution in [2.45, 2.75) is 25.4 Å². The molecule has 2 aromatic rings. The van der Waals surface area contributed by atoms with E-state index in [2.05, 4.69) is 11.2 Å². The van der Waals surface area contributed by atoms with E-state index in [0.717, 1.165) is 41.0 Å². The molecule has 0 radical (unpaired) electrons. The van der Waals surface area contributed by atoms with Gasteiger partial charge in [0.15, 0.2) is 0 Å². The van der Waals surface area contributed by atoms with Crippen molar-refractivity contribution in [3.63, 3.8) is 0 Å². The molecule has 112 valence electrons. The van der Waals surface area contributed by atoms with Gasteiger partial charge in [-0.15, -0.1) is 6.42 Å². The first kappa shape index (κ1) is 14.3. The van der Waals surface area contributed by atoms with Gasteiger partial charge in [0.25, 0.3) is 0 Å². The second-order valence-corrected chi connectivity index (χ2v) is 5.51. The summed E-state index contributed by atoms with van der Waals surface area (Å²) in [5, 5.41) is 12.8. The molecular formula is C19H19NO2. The zero-order valence-electron chi connectivity index (χ0n) is 12.6. The lowest BCUT2D eigenvalue weighted by atomic mass is 10.1. The van der Waals surface area contributed by atoms with Crippen LogP contribution in [0, 0.1) is 12.3 Å². The summed E-state index contributed by atoms with van der Waals surface area (Å²) in [4.78, 5) is 0. The summed E-state index contributed by atoms with van der Waals surface area (Å²) in [6.45, 7) is 0.404. The summed E-state index contributed by atoms with van der Waals surface area (Å²) < 4.78 is 6.02. The number of rotatable bonds is 5. The summed E-state index contributed by atoms with van der Waals surface area (Å²) in [5.74, 6) is 4.33. The highest BCUT2D eigenvalue weighted by Crippen LogP contribution is 2.45. The van der Waals surface area contributed by atoms with Crippen LogP contribution in [0.1, 0.15) is 35.4 Å². The summed E-state index contributed by atoms with van der Waals surface area (Å²) >= 11 is 0. The lowest BCUT2D eigenvalue weighted by Crippen LogP contribution is -2.04. The van der Waals surface area contributed by atoms with Gasteiger partial charge in [0, 0.05) is 29.4 Å². The molecule has 1 saturated carbocycles. The number of terminal acetylenes is 1. The van der Waals surface area contributed by atoms with Gasteiger partial charge in [0.1, 0.15) is 18.1 Å². The van der Waals surface area contributed by atoms with Gasteiger partial charge in [-0.05, 0) is 49.1 Å². The maximum absolute atomic E-state index is 9.67. The zero-order valence-corrected chi connectivity index (χ0v) is 12.6. The molecule has 1 fully saturated rings. The van der Waals surface area contributed by atoms with Crippen molar-refractivity contribution in [1.29, 1.82) is 0 Å². The average molecular weight is 293 g/mol. The van der Waals surface area contributed by atoms with Crippen LogP contribution in [0.4, 0.5) is 5.69 Å². The molecule has 0 aromatic heterocycles. The summed E-state index contributed by atoms with van der Waals surface area (Å²) in [6, 6.07) is 11.1. The predicted molar refractivity (Wildman–Crippen MR) is 88.3 cm³/mol. The van der Waals surface area contributed by atoms with Gasteiger partial charge in [-0.25, -0.2) is 0 Å². The lowest BCUT2D eigenvalue weighted by Gasteiger charge is -2.15. The molecule has 3 heteroatoms. The van der Waals surface area contributed by atoms with E-state index in [1.54, 1.807) is 12.1 Å². The minimum Gasteiger partial charge on any atom is -0.508 e. The van der Waals surface area contributed by atoms with Gasteiger partial charge in [-0.2, -0.15) is 0 Å². The van der Waals surface area contributed by atoms with Crippen molar-refractivity contribution in [3.05, 3.63) is 53.1 Å². The quantitative estimate of drug-likeness (QED) is 0.822. The van der Waals surface area contributed by atoms with E-state index in [1.807, 2.05) is 31.3 Å². The number of hydrogen-bond acceptors (Lipinski definition) is 3. The Morgan fingerprint density at radius 2 is 2.14 bits per heavy atom. The maximum Gasteiger partial charge on any atom is 0.123 e. The number of aromatic hydroxyl groups is 1. The Hall–Kier alpha value is -2.60. The molecule has 0 amide bonds. The maximum atomic E-state index is 9.67. The van der Waals surface area contributed by atoms with Crippen molar-refractivity contribution >= 4 is 5.69 Å². The monoisotopic (exact) mass is 293 g/mol. The molecule has 3 nitrogen and oxygen atoms in total. The van der Waals surface area contributed by atoms with E-state index in [0.29, 0.717) is 12.5 Å². The number of benzene rings is 2. The molecule has 22 heavy (non-hydrogen) atoms. The Kier molecular flexibility index (Phi) is 3.93. The van der Waals surface area contributed by atoms with E-state index >= 15 is 0 Å². The number of phenolic OH excluding ortho intramolecular Hbond substituents is 1. The van der Waals surface area contributed by atoms with Crippen molar-refractivity contribution in [2.75, 3.05) is 12.4 Å². The topological polar surface area (TPSA) is 41.5 Å². The van der Waals surface area contributed by atoms with Crippen LogP contribution in [-0.2, 0) is 6.61 Å². The lowest BCUT2D eigenvalue weighted by molar-refractivity contribution is 0.302. The first-order chi connectivity index (χ1) is 10.7. The minimum absolute atomic E-state index is 0.286. The SMILES string of the molecule is C#Cc1cccc(NC)c1COc1ccc(O)cc1C1CC1. The van der Waals surface area contributed by atoms with Gasteiger partial charge in [0.05, 0.1) is 0 Å². The summed E-state index contributed by atoms with van der Waals surface area (Å²) in [7, 11) is 1.87. The van der Waals surface area contributed by atoms with E-state index in [1.165, 1.54) is 0 Å². The molecule has 0 heterocycles. The van der Waals surface area contributed by atoms with E-state index in [-0.39, 0.29) is 5.75 Å². The fraction of sp³-hybridized carbons (Fsp3) is 0.263. The van der Waals surface area contributed by atoms with Crippen molar-refractivity contribution in [1.82, 2.24) is 0 Å². The normalized spacial score (nSPS) is 13.5. The largest absolute Gasteiger partial charge is 0.508 e. The van der Waals surface area contributed by atoms with Crippen LogP contribution in [0.3, 0.4) is 0 Å². The fourth-order valence-electron chi connectivity index (χ4n) is 2.64. The third-order valence-corrected chi connectivity index (χ3v) is 3.98. The standard InChI is InChI=1S/C19H19NO2/c1-3-13-5-4-6-18(20-2)17(13)12-22-19-10-9-15(21)11-16(19)14-7-8-14/h1,4-6,9-11,14,20-21H,7-8,12H2,2H3. The molecule has 1 aliphatic carbocycles. The van der Waals surface area contributed by atoms with Gasteiger partial charge >= 0.3 is 0 Å². The number of nitrogens with one attached hydrogen (secondary N) is 1. The highest BCUT2D eigenvalue weighted by Gasteiger charge is 2.27. The Morgan fingerprint density at radius 1 is 1.32 bits per heavy atom. The molecule has 0 spiro atoms. The highest BCUT2D eigenvalue weighted by molar-refractivity contribution is 5.58. The van der Waals surface area contributed by atoms with Gasteiger partial charge in [0.2, 0.25) is 0 Å². The third-order valence-electron chi connectivity index (χ3n) is 3.98. The molecule has 3 rings (SSSR count). The molecular weight excluding hydrogens is 274 g/mol. The molecule has 2 aromatic carbocycles. The van der Waals surface area contributed by atoms with Crippen LogP contribution in [-0.4, -0.2) is 12.2 Å². The van der Waals surface area contributed by atoms with Crippen LogP contribution in [0.5, 0.6) is 11.5 Å². The Morgan fingerprint density at radius 3 is 2.82 bits per heavy atom. The first-order valence-corrected chi connectivity index (χ1v) is 7.45. The predicted octanol–water partition coefficient (Wildman–Crippen LogP) is 3.87. The second-order valence-electron chi connectivity index (χ2n) is 5.51. The highest BCUT2D eigenvalue weighted by atomic mass is 16.5. The summed E-state index contributed by atoms with van der Waals surface area (Å²) in [5.41, 5.74) is 3.87. The zero-order chi connectivity index (χ0) is 15.5. The number of ether oxygens (including phenoxy) is 1. The average Bonchev–Trinajstić information content (AvgIpc) is 3.38. The Balaban J connectivity index is 1.86. The first-order valence-electron chi connectivity index (χ1n) is 7.45. The van der Waals surface area contributed by atoms with E-state index in [4.69, 9.17) is 11.2 Å². The third kappa shape index (κ3) is 2.87. The van der Waals surface area contributed by atoms with E-state index in [9.17, 15) is 5.11 Å². The molecule has 2 N–H and O–H groups in total. The van der Waals surface area contributed by atoms with Crippen LogP contribution in [0.25, 0.3) is 0 Å². The van der Waals surface area contributed by atoms with Gasteiger partial charge in [-0.3, -0.25) is 0 Å². The molecule has 0 bridgehead atoms. The van der Waals surface area contributed by atoms with Crippen molar-refractivity contribution in [2.24, 2.45) is 0 Å². The van der Waals surface area contributed by atoms with Crippen molar-refractivity contribution in [3.8, 4) is 23.8 Å². The minimum atomic E-state index is 0.286. The molecule has 0 saturated heterocycles. The number of phenols is 1. The molecule has 0 atom stereocenters. The molecule has 1 aliphatic rings. The van der Waals surface area contributed by atoms with Crippen LogP contribution in [0.2, 0.25) is 0 Å². The van der Waals surface area contributed by atoms with Gasteiger partial charge in [-0.1, -0.05) is 12.0 Å². The smallest absolute Gasteiger partial charge is 0.123 e. The summed E-state index contributed by atoms with van der Waals surface area (Å²) in [6.07, 6.45) is 7.90. The fourth-order valence-corrected chi connectivity index (χ4v) is 2.64. The number of hydrogen-bond donors (Lipinski definition) is 2. The second kappa shape index (κ2) is 6.03. The van der Waals surface area contributed by atoms with Crippen LogP contribution in [0.15, 0.2) is 36.4 Å². The van der Waals surface area contributed by atoms with Crippen molar-refractivity contribution < 1.29 is 9.84 Å².